The molecule has 0 aliphatic carbocycles. The van der Waals surface area contributed by atoms with Crippen molar-refractivity contribution in [3.8, 4) is 6.01 Å². The van der Waals surface area contributed by atoms with Crippen molar-refractivity contribution in [3.05, 3.63) is 35.1 Å². The molecule has 0 saturated carbocycles. The number of ether oxygens (including phenoxy) is 1. The van der Waals surface area contributed by atoms with Crippen molar-refractivity contribution in [2.45, 2.75) is 52.1 Å². The second-order valence-electron chi connectivity index (χ2n) is 7.23. The van der Waals surface area contributed by atoms with Gasteiger partial charge in [-0.1, -0.05) is 37.5 Å². The Hall–Kier alpha value is -1.64. The number of nitrogens with one attached hydrogen (secondary N) is 1. The standard InChI is InChI=1S/C17H25ClN4O3S/c1-6-22-15(19-20-16(22)25-11-17(3,4)5)12(2)21-26(23,24)14-9-7-13(18)8-10-14/h7-10,12,21H,6,11H2,1-5H3/t12-/m1/s1. The number of nitrogens with zero attached hydrogens (tertiary/aromatic N) is 3. The molecule has 9 heteroatoms. The summed E-state index contributed by atoms with van der Waals surface area (Å²) >= 11 is 5.82. The predicted molar refractivity (Wildman–Crippen MR) is 101 cm³/mol. The highest BCUT2D eigenvalue weighted by Crippen LogP contribution is 2.22. The van der Waals surface area contributed by atoms with Gasteiger partial charge in [-0.3, -0.25) is 4.57 Å². The highest BCUT2D eigenvalue weighted by Gasteiger charge is 2.24. The Kier molecular flexibility index (Phi) is 6.31. The van der Waals surface area contributed by atoms with Crippen LogP contribution in [0.3, 0.4) is 0 Å². The SMILES string of the molecule is CCn1c(OCC(C)(C)C)nnc1[C@@H](C)NS(=O)(=O)c1ccc(Cl)cc1. The number of benzene rings is 1. The van der Waals surface area contributed by atoms with Crippen LogP contribution in [0.5, 0.6) is 6.01 Å². The summed E-state index contributed by atoms with van der Waals surface area (Å²) in [6.07, 6.45) is 0. The van der Waals surface area contributed by atoms with Gasteiger partial charge in [0.25, 0.3) is 0 Å². The van der Waals surface area contributed by atoms with Crippen LogP contribution in [-0.2, 0) is 16.6 Å². The van der Waals surface area contributed by atoms with E-state index >= 15 is 0 Å². The van der Waals surface area contributed by atoms with E-state index in [2.05, 4.69) is 35.7 Å². The van der Waals surface area contributed by atoms with E-state index in [1.807, 2.05) is 6.92 Å². The number of hydrogen-bond donors (Lipinski definition) is 1. The van der Waals surface area contributed by atoms with Crippen LogP contribution in [0.2, 0.25) is 5.02 Å². The summed E-state index contributed by atoms with van der Waals surface area (Å²) in [5.74, 6) is 0.494. The molecule has 1 atom stereocenters. The van der Waals surface area contributed by atoms with Crippen LogP contribution >= 0.6 is 11.6 Å². The van der Waals surface area contributed by atoms with Crippen LogP contribution in [-0.4, -0.2) is 29.8 Å². The topological polar surface area (TPSA) is 86.1 Å². The first-order valence-corrected chi connectivity index (χ1v) is 10.2. The van der Waals surface area contributed by atoms with Crippen molar-refractivity contribution in [2.24, 2.45) is 5.41 Å². The highest BCUT2D eigenvalue weighted by molar-refractivity contribution is 7.89. The largest absolute Gasteiger partial charge is 0.463 e. The molecule has 0 aliphatic rings. The lowest BCUT2D eigenvalue weighted by molar-refractivity contribution is 0.177. The molecule has 26 heavy (non-hydrogen) atoms. The third-order valence-electron chi connectivity index (χ3n) is 3.54. The molecule has 1 aromatic heterocycles. The van der Waals surface area contributed by atoms with E-state index < -0.39 is 16.1 Å². The first-order valence-electron chi connectivity index (χ1n) is 8.37. The minimum atomic E-state index is -3.71. The second-order valence-corrected chi connectivity index (χ2v) is 9.38. The molecule has 0 saturated heterocycles. The molecule has 0 radical (unpaired) electrons. The first-order chi connectivity index (χ1) is 12.0. The van der Waals surface area contributed by atoms with Crippen molar-refractivity contribution >= 4 is 21.6 Å². The van der Waals surface area contributed by atoms with Gasteiger partial charge in [0.05, 0.1) is 17.5 Å². The summed E-state index contributed by atoms with van der Waals surface area (Å²) in [4.78, 5) is 0.139. The zero-order valence-corrected chi connectivity index (χ0v) is 17.2. The van der Waals surface area contributed by atoms with E-state index in [4.69, 9.17) is 16.3 Å². The molecule has 2 rings (SSSR count). The van der Waals surface area contributed by atoms with Crippen molar-refractivity contribution in [2.75, 3.05) is 6.61 Å². The fraction of sp³-hybridized carbons (Fsp3) is 0.529. The normalized spacial score (nSPS) is 13.6. The van der Waals surface area contributed by atoms with Gasteiger partial charge in [-0.05, 0) is 43.5 Å². The van der Waals surface area contributed by atoms with E-state index in [0.29, 0.717) is 30.0 Å². The smallest absolute Gasteiger partial charge is 0.317 e. The first kappa shape index (κ1) is 20.7. The Morgan fingerprint density at radius 1 is 1.23 bits per heavy atom. The average Bonchev–Trinajstić information content (AvgIpc) is 2.95. The third-order valence-corrected chi connectivity index (χ3v) is 5.35. The molecular formula is C17H25ClN4O3S. The number of sulfonamides is 1. The van der Waals surface area contributed by atoms with Crippen molar-refractivity contribution in [1.29, 1.82) is 0 Å². The maximum atomic E-state index is 12.5. The van der Waals surface area contributed by atoms with E-state index in [-0.39, 0.29) is 10.3 Å². The van der Waals surface area contributed by atoms with E-state index in [1.165, 1.54) is 24.3 Å². The molecule has 1 N–H and O–H groups in total. The summed E-state index contributed by atoms with van der Waals surface area (Å²) in [6.45, 7) is 10.9. The van der Waals surface area contributed by atoms with Gasteiger partial charge in [-0.15, -0.1) is 5.10 Å². The van der Waals surface area contributed by atoms with Crippen molar-refractivity contribution in [1.82, 2.24) is 19.5 Å². The van der Waals surface area contributed by atoms with Crippen LogP contribution in [0.4, 0.5) is 0 Å². The fourth-order valence-electron chi connectivity index (χ4n) is 2.27. The van der Waals surface area contributed by atoms with Gasteiger partial charge < -0.3 is 4.74 Å². The highest BCUT2D eigenvalue weighted by atomic mass is 35.5. The van der Waals surface area contributed by atoms with Gasteiger partial charge in [-0.25, -0.2) is 13.1 Å². The number of hydrogen-bond acceptors (Lipinski definition) is 5. The van der Waals surface area contributed by atoms with Gasteiger partial charge in [-0.2, -0.15) is 0 Å². The molecule has 0 bridgehead atoms. The second kappa shape index (κ2) is 7.94. The molecule has 0 fully saturated rings. The zero-order valence-electron chi connectivity index (χ0n) is 15.7. The average molecular weight is 401 g/mol. The lowest BCUT2D eigenvalue weighted by Gasteiger charge is -2.19. The molecular weight excluding hydrogens is 376 g/mol. The van der Waals surface area contributed by atoms with Crippen molar-refractivity contribution in [3.63, 3.8) is 0 Å². The quantitative estimate of drug-likeness (QED) is 0.769. The fourth-order valence-corrected chi connectivity index (χ4v) is 3.60. The molecule has 0 unspecified atom stereocenters. The van der Waals surface area contributed by atoms with Gasteiger partial charge in [0.15, 0.2) is 5.82 Å². The summed E-state index contributed by atoms with van der Waals surface area (Å²) < 4.78 is 35.2. The Bertz CT molecular complexity index is 842. The lowest BCUT2D eigenvalue weighted by Crippen LogP contribution is -2.29. The molecule has 0 aliphatic heterocycles. The third kappa shape index (κ3) is 5.18. The Morgan fingerprint density at radius 2 is 1.85 bits per heavy atom. The summed E-state index contributed by atoms with van der Waals surface area (Å²) in [7, 11) is -3.71. The zero-order chi connectivity index (χ0) is 19.5. The van der Waals surface area contributed by atoms with Crippen LogP contribution in [0.15, 0.2) is 29.2 Å². The van der Waals surface area contributed by atoms with Crippen molar-refractivity contribution < 1.29 is 13.2 Å². The van der Waals surface area contributed by atoms with Gasteiger partial charge in [0, 0.05) is 11.6 Å². The van der Waals surface area contributed by atoms with Crippen LogP contribution in [0.1, 0.15) is 46.5 Å². The molecule has 144 valence electrons. The molecule has 7 nitrogen and oxygen atoms in total. The number of rotatable bonds is 7. The molecule has 2 aromatic rings. The monoisotopic (exact) mass is 400 g/mol. The molecule has 0 amide bonds. The van der Waals surface area contributed by atoms with E-state index in [1.54, 1.807) is 11.5 Å². The number of aromatic nitrogens is 3. The van der Waals surface area contributed by atoms with Gasteiger partial charge >= 0.3 is 6.01 Å². The lowest BCUT2D eigenvalue weighted by atomic mass is 9.99. The number of halogens is 1. The van der Waals surface area contributed by atoms with Crippen LogP contribution in [0.25, 0.3) is 0 Å². The molecule has 1 aromatic carbocycles. The van der Waals surface area contributed by atoms with Crippen LogP contribution < -0.4 is 9.46 Å². The maximum Gasteiger partial charge on any atom is 0.317 e. The Morgan fingerprint density at radius 3 is 2.38 bits per heavy atom. The van der Waals surface area contributed by atoms with Crippen LogP contribution in [0, 0.1) is 5.41 Å². The summed E-state index contributed by atoms with van der Waals surface area (Å²) in [6, 6.07) is 5.80. The van der Waals surface area contributed by atoms with Gasteiger partial charge in [0.2, 0.25) is 10.0 Å². The van der Waals surface area contributed by atoms with E-state index in [0.717, 1.165) is 0 Å². The van der Waals surface area contributed by atoms with Gasteiger partial charge in [0.1, 0.15) is 0 Å². The van der Waals surface area contributed by atoms with E-state index in [9.17, 15) is 8.42 Å². The minimum absolute atomic E-state index is 0.0214. The molecule has 0 spiro atoms. The maximum absolute atomic E-state index is 12.5. The minimum Gasteiger partial charge on any atom is -0.463 e. The molecule has 1 heterocycles. The predicted octanol–water partition coefficient (Wildman–Crippen LogP) is 3.42. The summed E-state index contributed by atoms with van der Waals surface area (Å²) in [5, 5.41) is 8.66. The Labute approximate surface area is 159 Å². The Balaban J connectivity index is 2.20. The summed E-state index contributed by atoms with van der Waals surface area (Å²) in [5.41, 5.74) is -0.0214.